The van der Waals surface area contributed by atoms with Crippen molar-refractivity contribution >= 4 is 34.7 Å². The number of anilines is 2. The normalized spacial score (nSPS) is 15.6. The molecule has 1 aliphatic heterocycles. The molecule has 35 heavy (non-hydrogen) atoms. The molecule has 2 aromatic carbocycles. The Balaban J connectivity index is 1.87. The number of hydrogen-bond acceptors (Lipinski definition) is 7. The van der Waals surface area contributed by atoms with Gasteiger partial charge < -0.3 is 29.7 Å². The van der Waals surface area contributed by atoms with Crippen LogP contribution < -0.4 is 25.0 Å². The van der Waals surface area contributed by atoms with Crippen molar-refractivity contribution in [1.82, 2.24) is 10.5 Å². The number of phenolic OH excluding ortho intramolecular Hbond substituents is 1. The summed E-state index contributed by atoms with van der Waals surface area (Å²) in [6.45, 7) is 5.56. The van der Waals surface area contributed by atoms with Crippen LogP contribution in [0.4, 0.5) is 11.5 Å². The van der Waals surface area contributed by atoms with E-state index in [4.69, 9.17) is 26.2 Å². The van der Waals surface area contributed by atoms with E-state index in [0.717, 1.165) is 11.3 Å². The molecule has 1 unspecified atom stereocenters. The summed E-state index contributed by atoms with van der Waals surface area (Å²) in [7, 11) is 2.89. The predicted molar refractivity (Wildman–Crippen MR) is 136 cm³/mol. The lowest BCUT2D eigenvalue weighted by molar-refractivity contribution is -0.113. The Morgan fingerprint density at radius 1 is 1.14 bits per heavy atom. The van der Waals surface area contributed by atoms with Crippen LogP contribution in [0.25, 0.3) is 0 Å². The van der Waals surface area contributed by atoms with Gasteiger partial charge in [0.2, 0.25) is 5.75 Å². The number of aromatic hydroxyl groups is 1. The van der Waals surface area contributed by atoms with Gasteiger partial charge in [0.15, 0.2) is 22.4 Å². The Kier molecular flexibility index (Phi) is 6.65. The van der Waals surface area contributed by atoms with Crippen molar-refractivity contribution in [1.29, 1.82) is 0 Å². The number of phenols is 1. The lowest BCUT2D eigenvalue weighted by atomic mass is 9.93. The Hall–Kier alpha value is -4.05. The van der Waals surface area contributed by atoms with Crippen molar-refractivity contribution < 1.29 is 23.9 Å². The maximum Gasteiger partial charge on any atom is 0.257 e. The van der Waals surface area contributed by atoms with Crippen LogP contribution in [0, 0.1) is 13.8 Å². The van der Waals surface area contributed by atoms with E-state index < -0.39 is 6.04 Å². The maximum atomic E-state index is 13.6. The van der Waals surface area contributed by atoms with Gasteiger partial charge >= 0.3 is 0 Å². The molecule has 1 atom stereocenters. The molecule has 182 valence electrons. The number of allylic oxidation sites excluding steroid dienone is 1. The number of amides is 1. The number of carbonyl (C=O) groups is 1. The largest absolute Gasteiger partial charge is 0.502 e. The second-order valence-corrected chi connectivity index (χ2v) is 8.49. The molecule has 0 saturated heterocycles. The molecule has 0 bridgehead atoms. The first-order valence-electron chi connectivity index (χ1n) is 10.8. The van der Waals surface area contributed by atoms with E-state index in [2.05, 4.69) is 15.8 Å². The highest BCUT2D eigenvalue weighted by atomic mass is 32.1. The number of carbonyl (C=O) groups excluding carboxylic acids is 1. The third kappa shape index (κ3) is 4.65. The average Bonchev–Trinajstić information content (AvgIpc) is 3.23. The van der Waals surface area contributed by atoms with Gasteiger partial charge in [-0.25, -0.2) is 0 Å². The van der Waals surface area contributed by atoms with E-state index in [1.165, 1.54) is 14.2 Å². The standard InChI is InChI=1S/C25H26N4O5S/c1-13-7-6-8-17(9-13)29-15(3)21(24(31)26-20-10-14(2)34-28-20)22(27-25(29)35)16-11-18(32-4)23(30)19(12-16)33-5/h6-12,22,30H,1-5H3,(H,27,35)(H,26,28,31). The molecule has 10 heteroatoms. The number of rotatable bonds is 6. The number of aryl methyl sites for hydroxylation is 2. The van der Waals surface area contributed by atoms with E-state index in [1.807, 2.05) is 43.0 Å². The molecular formula is C25H26N4O5S. The quantitative estimate of drug-likeness (QED) is 0.431. The Morgan fingerprint density at radius 2 is 1.83 bits per heavy atom. The van der Waals surface area contributed by atoms with Gasteiger partial charge in [-0.3, -0.25) is 9.69 Å². The van der Waals surface area contributed by atoms with Gasteiger partial charge in [0.05, 0.1) is 25.8 Å². The number of thiocarbonyl (C=S) groups is 1. The summed E-state index contributed by atoms with van der Waals surface area (Å²) in [6.07, 6.45) is 0. The second kappa shape index (κ2) is 9.67. The van der Waals surface area contributed by atoms with E-state index >= 15 is 0 Å². The van der Waals surface area contributed by atoms with E-state index in [1.54, 1.807) is 25.1 Å². The van der Waals surface area contributed by atoms with Crippen molar-refractivity contribution in [3.8, 4) is 17.2 Å². The van der Waals surface area contributed by atoms with Gasteiger partial charge in [0.25, 0.3) is 5.91 Å². The summed E-state index contributed by atoms with van der Waals surface area (Å²) in [5, 5.41) is 20.8. The predicted octanol–water partition coefficient (Wildman–Crippen LogP) is 4.36. The van der Waals surface area contributed by atoms with Crippen LogP contribution in [-0.4, -0.2) is 35.5 Å². The first-order valence-corrected chi connectivity index (χ1v) is 11.2. The molecule has 4 rings (SSSR count). The molecule has 0 saturated carbocycles. The molecule has 9 nitrogen and oxygen atoms in total. The minimum atomic E-state index is -0.667. The van der Waals surface area contributed by atoms with Crippen LogP contribution >= 0.6 is 12.2 Å². The van der Waals surface area contributed by atoms with Gasteiger partial charge in [0.1, 0.15) is 5.76 Å². The Labute approximate surface area is 208 Å². The summed E-state index contributed by atoms with van der Waals surface area (Å²) >= 11 is 5.74. The van der Waals surface area contributed by atoms with E-state index in [-0.39, 0.29) is 23.2 Å². The third-order valence-electron chi connectivity index (χ3n) is 5.69. The monoisotopic (exact) mass is 494 g/mol. The van der Waals surface area contributed by atoms with Crippen LogP contribution in [0.15, 0.2) is 58.3 Å². The van der Waals surface area contributed by atoms with Gasteiger partial charge in [0, 0.05) is 17.5 Å². The minimum Gasteiger partial charge on any atom is -0.502 e. The minimum absolute atomic E-state index is 0.136. The topological polar surface area (TPSA) is 109 Å². The zero-order chi connectivity index (χ0) is 25.3. The molecule has 3 N–H and O–H groups in total. The lowest BCUT2D eigenvalue weighted by Gasteiger charge is -2.38. The fourth-order valence-corrected chi connectivity index (χ4v) is 4.41. The first kappa shape index (κ1) is 24.1. The number of methoxy groups -OCH3 is 2. The smallest absolute Gasteiger partial charge is 0.257 e. The van der Waals surface area contributed by atoms with Crippen LogP contribution in [0.5, 0.6) is 17.2 Å². The number of nitrogens with one attached hydrogen (secondary N) is 2. The fourth-order valence-electron chi connectivity index (χ4n) is 4.05. The SMILES string of the molecule is COc1cc(C2NC(=S)N(c3cccc(C)c3)C(C)=C2C(=O)Nc2cc(C)on2)cc(OC)c1O. The van der Waals surface area contributed by atoms with Crippen LogP contribution in [0.1, 0.15) is 29.9 Å². The van der Waals surface area contributed by atoms with Crippen molar-refractivity contribution in [2.45, 2.75) is 26.8 Å². The third-order valence-corrected chi connectivity index (χ3v) is 5.99. The van der Waals surface area contributed by atoms with E-state index in [9.17, 15) is 9.90 Å². The summed E-state index contributed by atoms with van der Waals surface area (Å²) in [6, 6.07) is 12.1. The van der Waals surface area contributed by atoms with Crippen LogP contribution in [0.2, 0.25) is 0 Å². The molecule has 0 radical (unpaired) electrons. The van der Waals surface area contributed by atoms with Gasteiger partial charge in [-0.05, 0) is 68.4 Å². The van der Waals surface area contributed by atoms with Crippen LogP contribution in [0.3, 0.4) is 0 Å². The Bertz CT molecular complexity index is 1310. The number of hydrogen-bond donors (Lipinski definition) is 3. The second-order valence-electron chi connectivity index (χ2n) is 8.11. The average molecular weight is 495 g/mol. The molecule has 1 aliphatic rings. The van der Waals surface area contributed by atoms with Crippen molar-refractivity contribution in [3.05, 3.63) is 70.6 Å². The maximum absolute atomic E-state index is 13.6. The molecule has 1 amide bonds. The molecule has 0 aliphatic carbocycles. The summed E-state index contributed by atoms with van der Waals surface area (Å²) in [5.41, 5.74) is 3.52. The number of ether oxygens (including phenoxy) is 2. The highest BCUT2D eigenvalue weighted by molar-refractivity contribution is 7.80. The van der Waals surface area contributed by atoms with Gasteiger partial charge in [-0.1, -0.05) is 17.3 Å². The lowest BCUT2D eigenvalue weighted by Crippen LogP contribution is -2.48. The van der Waals surface area contributed by atoms with Gasteiger partial charge in [-0.15, -0.1) is 0 Å². The van der Waals surface area contributed by atoms with Gasteiger partial charge in [-0.2, -0.15) is 0 Å². The van der Waals surface area contributed by atoms with Crippen LogP contribution in [-0.2, 0) is 4.79 Å². The molecule has 1 aromatic heterocycles. The summed E-state index contributed by atoms with van der Waals surface area (Å²) in [4.78, 5) is 15.4. The van der Waals surface area contributed by atoms with Crippen molar-refractivity contribution in [2.24, 2.45) is 0 Å². The molecule has 3 aromatic rings. The van der Waals surface area contributed by atoms with E-state index in [0.29, 0.717) is 33.5 Å². The number of aromatic nitrogens is 1. The molecule has 0 fully saturated rings. The summed E-state index contributed by atoms with van der Waals surface area (Å²) < 4.78 is 15.8. The summed E-state index contributed by atoms with van der Waals surface area (Å²) in [5.74, 6) is 0.751. The molecular weight excluding hydrogens is 468 g/mol. The zero-order valence-corrected chi connectivity index (χ0v) is 20.8. The highest BCUT2D eigenvalue weighted by Crippen LogP contribution is 2.42. The first-order chi connectivity index (χ1) is 16.7. The molecule has 2 heterocycles. The number of benzene rings is 2. The fraction of sp³-hybridized carbons (Fsp3) is 0.240. The zero-order valence-electron chi connectivity index (χ0n) is 20.0. The Morgan fingerprint density at radius 3 is 2.40 bits per heavy atom. The van der Waals surface area contributed by atoms with Crippen molar-refractivity contribution in [3.63, 3.8) is 0 Å². The highest BCUT2D eigenvalue weighted by Gasteiger charge is 2.36. The number of nitrogens with zero attached hydrogens (tertiary/aromatic N) is 2. The van der Waals surface area contributed by atoms with Crippen molar-refractivity contribution in [2.75, 3.05) is 24.4 Å². The molecule has 0 spiro atoms.